The number of ether oxygens (including phenoxy) is 1. The predicted octanol–water partition coefficient (Wildman–Crippen LogP) is 4.71. The third-order valence-electron chi connectivity index (χ3n) is 5.38. The van der Waals surface area contributed by atoms with Crippen LogP contribution in [0.2, 0.25) is 0 Å². The van der Waals surface area contributed by atoms with Gasteiger partial charge in [0.1, 0.15) is 5.00 Å². The molecule has 1 aliphatic heterocycles. The number of carbonyl (C=O) groups is 2. The van der Waals surface area contributed by atoms with E-state index in [9.17, 15) is 9.59 Å². The van der Waals surface area contributed by atoms with Crippen LogP contribution >= 0.6 is 11.3 Å². The summed E-state index contributed by atoms with van der Waals surface area (Å²) >= 11 is 1.41. The second kappa shape index (κ2) is 9.32. The summed E-state index contributed by atoms with van der Waals surface area (Å²) < 4.78 is 5.40. The third kappa shape index (κ3) is 4.78. The lowest BCUT2D eigenvalue weighted by Crippen LogP contribution is -2.36. The van der Waals surface area contributed by atoms with Crippen LogP contribution in [0, 0.1) is 13.8 Å². The van der Waals surface area contributed by atoms with E-state index in [0.29, 0.717) is 21.8 Å². The Bertz CT molecular complexity index is 1070. The highest BCUT2D eigenvalue weighted by Gasteiger charge is 2.22. The summed E-state index contributed by atoms with van der Waals surface area (Å²) in [7, 11) is 0. The molecule has 2 amide bonds. The van der Waals surface area contributed by atoms with E-state index in [1.54, 1.807) is 12.1 Å². The molecule has 0 saturated carbocycles. The molecule has 4 rings (SSSR count). The Kier molecular flexibility index (Phi) is 6.34. The maximum atomic E-state index is 13.1. The predicted molar refractivity (Wildman–Crippen MR) is 126 cm³/mol. The molecule has 1 saturated heterocycles. The van der Waals surface area contributed by atoms with Crippen LogP contribution in [0.25, 0.3) is 0 Å². The molecule has 2 aromatic carbocycles. The lowest BCUT2D eigenvalue weighted by atomic mass is 10.1. The van der Waals surface area contributed by atoms with Crippen LogP contribution in [0.5, 0.6) is 0 Å². The summed E-state index contributed by atoms with van der Waals surface area (Å²) in [5.74, 6) is -0.463. The van der Waals surface area contributed by atoms with Crippen LogP contribution in [0.3, 0.4) is 0 Å². The molecule has 0 aliphatic carbocycles. The first-order valence-electron chi connectivity index (χ1n) is 10.2. The Hall–Kier alpha value is -3.16. The largest absolute Gasteiger partial charge is 0.378 e. The number of hydrogen-bond donors (Lipinski definition) is 2. The average Bonchev–Trinajstić information content (AvgIpc) is 3.08. The highest BCUT2D eigenvalue weighted by molar-refractivity contribution is 7.16. The zero-order valence-corrected chi connectivity index (χ0v) is 18.4. The zero-order valence-electron chi connectivity index (χ0n) is 17.6. The number of carbonyl (C=O) groups excluding carboxylic acids is 2. The van der Waals surface area contributed by atoms with Crippen molar-refractivity contribution in [1.82, 2.24) is 0 Å². The van der Waals surface area contributed by atoms with Crippen molar-refractivity contribution in [2.24, 2.45) is 0 Å². The van der Waals surface area contributed by atoms with Crippen molar-refractivity contribution in [3.63, 3.8) is 0 Å². The van der Waals surface area contributed by atoms with E-state index < -0.39 is 0 Å². The Balaban J connectivity index is 1.50. The summed E-state index contributed by atoms with van der Waals surface area (Å²) in [5.41, 5.74) is 3.75. The van der Waals surface area contributed by atoms with Gasteiger partial charge in [0, 0.05) is 34.9 Å². The molecule has 0 atom stereocenters. The molecule has 2 heterocycles. The number of hydrogen-bond acceptors (Lipinski definition) is 5. The lowest BCUT2D eigenvalue weighted by molar-refractivity contribution is 0.102. The summed E-state index contributed by atoms with van der Waals surface area (Å²) in [6.07, 6.45) is 0. The third-order valence-corrected chi connectivity index (χ3v) is 6.50. The van der Waals surface area contributed by atoms with Crippen molar-refractivity contribution in [2.75, 3.05) is 41.8 Å². The number of rotatable bonds is 5. The zero-order chi connectivity index (χ0) is 21.8. The number of anilines is 3. The van der Waals surface area contributed by atoms with Gasteiger partial charge in [0.25, 0.3) is 11.8 Å². The highest BCUT2D eigenvalue weighted by Crippen LogP contribution is 2.33. The number of aryl methyl sites for hydroxylation is 1. The lowest BCUT2D eigenvalue weighted by Gasteiger charge is -2.28. The highest BCUT2D eigenvalue weighted by atomic mass is 32.1. The number of morpholine rings is 1. The van der Waals surface area contributed by atoms with Gasteiger partial charge in [-0.1, -0.05) is 18.2 Å². The quantitative estimate of drug-likeness (QED) is 0.609. The first-order chi connectivity index (χ1) is 15.0. The van der Waals surface area contributed by atoms with E-state index in [0.717, 1.165) is 42.4 Å². The monoisotopic (exact) mass is 435 g/mol. The van der Waals surface area contributed by atoms with Gasteiger partial charge in [0.05, 0.1) is 18.8 Å². The fourth-order valence-corrected chi connectivity index (χ4v) is 4.58. The smallest absolute Gasteiger partial charge is 0.258 e. The first-order valence-corrected chi connectivity index (χ1v) is 11.0. The molecule has 2 N–H and O–H groups in total. The van der Waals surface area contributed by atoms with Gasteiger partial charge in [-0.25, -0.2) is 0 Å². The Morgan fingerprint density at radius 2 is 1.58 bits per heavy atom. The van der Waals surface area contributed by atoms with Gasteiger partial charge >= 0.3 is 0 Å². The molecule has 0 unspecified atom stereocenters. The molecule has 31 heavy (non-hydrogen) atoms. The molecular weight excluding hydrogens is 410 g/mol. The van der Waals surface area contributed by atoms with Crippen LogP contribution < -0.4 is 15.5 Å². The number of thiophene rings is 1. The van der Waals surface area contributed by atoms with Gasteiger partial charge in [-0.2, -0.15) is 0 Å². The summed E-state index contributed by atoms with van der Waals surface area (Å²) in [5, 5.41) is 6.44. The molecule has 7 heteroatoms. The van der Waals surface area contributed by atoms with Crippen molar-refractivity contribution in [3.8, 4) is 0 Å². The van der Waals surface area contributed by atoms with Crippen molar-refractivity contribution in [1.29, 1.82) is 0 Å². The van der Waals surface area contributed by atoms with Crippen LogP contribution in [-0.4, -0.2) is 38.1 Å². The molecule has 1 fully saturated rings. The van der Waals surface area contributed by atoms with E-state index in [1.807, 2.05) is 56.3 Å². The number of benzene rings is 2. The molecule has 1 aromatic heterocycles. The van der Waals surface area contributed by atoms with E-state index in [1.165, 1.54) is 11.3 Å². The van der Waals surface area contributed by atoms with Crippen LogP contribution in [0.4, 0.5) is 16.4 Å². The average molecular weight is 436 g/mol. The van der Waals surface area contributed by atoms with E-state index in [-0.39, 0.29) is 11.8 Å². The number of amides is 2. The van der Waals surface area contributed by atoms with Crippen molar-refractivity contribution in [2.45, 2.75) is 13.8 Å². The standard InChI is InChI=1S/C24H25N3O3S/c1-16-17(2)31-24(26-22(28)18-6-4-3-5-7-18)21(16)23(29)25-19-8-10-20(11-9-19)27-12-14-30-15-13-27/h3-11H,12-15H2,1-2H3,(H,25,29)(H,26,28). The summed E-state index contributed by atoms with van der Waals surface area (Å²) in [6, 6.07) is 16.8. The molecule has 3 aromatic rings. The van der Waals surface area contributed by atoms with Crippen molar-refractivity contribution in [3.05, 3.63) is 76.2 Å². The fraction of sp³-hybridized carbons (Fsp3) is 0.250. The second-order valence-corrected chi connectivity index (χ2v) is 8.63. The van der Waals surface area contributed by atoms with Gasteiger partial charge in [-0.3, -0.25) is 9.59 Å². The maximum Gasteiger partial charge on any atom is 0.258 e. The molecule has 0 radical (unpaired) electrons. The molecule has 1 aliphatic rings. The van der Waals surface area contributed by atoms with Gasteiger partial charge in [-0.15, -0.1) is 11.3 Å². The minimum atomic E-state index is -0.232. The molecule has 160 valence electrons. The van der Waals surface area contributed by atoms with Crippen molar-refractivity contribution >= 4 is 39.5 Å². The Morgan fingerprint density at radius 1 is 0.903 bits per heavy atom. The minimum Gasteiger partial charge on any atom is -0.378 e. The fourth-order valence-electron chi connectivity index (χ4n) is 3.52. The Labute approximate surface area is 185 Å². The minimum absolute atomic E-state index is 0.231. The normalized spacial score (nSPS) is 13.7. The first kappa shape index (κ1) is 21.1. The topological polar surface area (TPSA) is 70.7 Å². The van der Waals surface area contributed by atoms with Crippen LogP contribution in [0.15, 0.2) is 54.6 Å². The summed E-state index contributed by atoms with van der Waals surface area (Å²) in [6.45, 7) is 7.04. The van der Waals surface area contributed by atoms with Gasteiger partial charge in [0.15, 0.2) is 0 Å². The maximum absolute atomic E-state index is 13.1. The number of nitrogens with one attached hydrogen (secondary N) is 2. The van der Waals surface area contributed by atoms with E-state index in [2.05, 4.69) is 15.5 Å². The SMILES string of the molecule is Cc1sc(NC(=O)c2ccccc2)c(C(=O)Nc2ccc(N3CCOCC3)cc2)c1C. The molecular formula is C24H25N3O3S. The van der Waals surface area contributed by atoms with Gasteiger partial charge in [-0.05, 0) is 55.8 Å². The summed E-state index contributed by atoms with van der Waals surface area (Å²) in [4.78, 5) is 29.0. The van der Waals surface area contributed by atoms with Crippen LogP contribution in [0.1, 0.15) is 31.2 Å². The van der Waals surface area contributed by atoms with Crippen LogP contribution in [-0.2, 0) is 4.74 Å². The molecule has 0 spiro atoms. The van der Waals surface area contributed by atoms with E-state index in [4.69, 9.17) is 4.74 Å². The van der Waals surface area contributed by atoms with Gasteiger partial charge in [0.2, 0.25) is 0 Å². The molecule has 6 nitrogen and oxygen atoms in total. The van der Waals surface area contributed by atoms with Crippen molar-refractivity contribution < 1.29 is 14.3 Å². The second-order valence-electron chi connectivity index (χ2n) is 7.41. The Morgan fingerprint density at radius 3 is 2.26 bits per heavy atom. The molecule has 0 bridgehead atoms. The number of nitrogens with zero attached hydrogens (tertiary/aromatic N) is 1. The van der Waals surface area contributed by atoms with Gasteiger partial charge < -0.3 is 20.3 Å². The van der Waals surface area contributed by atoms with E-state index >= 15 is 0 Å².